The highest BCUT2D eigenvalue weighted by Crippen LogP contribution is 2.36. The molecule has 1 fully saturated rings. The van der Waals surface area contributed by atoms with E-state index in [4.69, 9.17) is 0 Å². The SMILES string of the molecule is CC1=CC=C(c2ccc(-c3ccc(C4CCC(C)CC4)cc3)cc2F)C=CC1. The van der Waals surface area contributed by atoms with E-state index in [9.17, 15) is 4.39 Å². The summed E-state index contributed by atoms with van der Waals surface area (Å²) >= 11 is 0. The van der Waals surface area contributed by atoms with Crippen molar-refractivity contribution in [1.82, 2.24) is 0 Å². The van der Waals surface area contributed by atoms with E-state index in [0.29, 0.717) is 11.5 Å². The maximum Gasteiger partial charge on any atom is 0.131 e. The molecule has 0 radical (unpaired) electrons. The van der Waals surface area contributed by atoms with Gasteiger partial charge in [0.2, 0.25) is 0 Å². The Kier molecular flexibility index (Phi) is 5.62. The molecule has 0 unspecified atom stereocenters. The zero-order chi connectivity index (χ0) is 19.5. The molecule has 0 aromatic heterocycles. The standard InChI is InChI=1S/C27H29F/c1-19-4-3-5-24(11-8-19)26-17-16-25(18-27(26)28)23-14-12-22(13-15-23)21-9-6-20(2)7-10-21/h3,5,8,11-18,20-21H,4,6-7,9-10H2,1-2H3. The molecule has 0 atom stereocenters. The molecule has 1 saturated carbocycles. The molecule has 28 heavy (non-hydrogen) atoms. The highest BCUT2D eigenvalue weighted by molar-refractivity contribution is 5.78. The van der Waals surface area contributed by atoms with Gasteiger partial charge in [-0.25, -0.2) is 4.39 Å². The van der Waals surface area contributed by atoms with Crippen molar-refractivity contribution in [3.63, 3.8) is 0 Å². The maximum absolute atomic E-state index is 14.9. The van der Waals surface area contributed by atoms with Crippen LogP contribution >= 0.6 is 0 Å². The molecule has 0 saturated heterocycles. The van der Waals surface area contributed by atoms with Crippen LogP contribution in [-0.4, -0.2) is 0 Å². The smallest absolute Gasteiger partial charge is 0.131 e. The monoisotopic (exact) mass is 372 g/mol. The molecule has 2 aromatic rings. The van der Waals surface area contributed by atoms with Gasteiger partial charge in [-0.2, -0.15) is 0 Å². The molecule has 4 rings (SSSR count). The van der Waals surface area contributed by atoms with E-state index in [2.05, 4.69) is 50.3 Å². The van der Waals surface area contributed by atoms with E-state index in [-0.39, 0.29) is 5.82 Å². The van der Waals surface area contributed by atoms with Gasteiger partial charge in [0.05, 0.1) is 0 Å². The van der Waals surface area contributed by atoms with Crippen molar-refractivity contribution in [2.24, 2.45) is 5.92 Å². The molecule has 0 heterocycles. The summed E-state index contributed by atoms with van der Waals surface area (Å²) in [6.45, 7) is 4.46. The second kappa shape index (κ2) is 8.31. The average Bonchev–Trinajstić information content (AvgIpc) is 2.93. The minimum atomic E-state index is -0.160. The summed E-state index contributed by atoms with van der Waals surface area (Å²) in [4.78, 5) is 0. The van der Waals surface area contributed by atoms with Gasteiger partial charge in [-0.15, -0.1) is 0 Å². The fraction of sp³-hybridized carbons (Fsp3) is 0.333. The van der Waals surface area contributed by atoms with E-state index in [0.717, 1.165) is 29.0 Å². The first kappa shape index (κ1) is 18.9. The lowest BCUT2D eigenvalue weighted by atomic mass is 9.79. The lowest BCUT2D eigenvalue weighted by Gasteiger charge is -2.26. The summed E-state index contributed by atoms with van der Waals surface area (Å²) in [7, 11) is 0. The zero-order valence-electron chi connectivity index (χ0n) is 16.9. The summed E-state index contributed by atoms with van der Waals surface area (Å²) in [6, 6.07) is 14.4. The van der Waals surface area contributed by atoms with Crippen LogP contribution in [0, 0.1) is 11.7 Å². The lowest BCUT2D eigenvalue weighted by molar-refractivity contribution is 0.348. The van der Waals surface area contributed by atoms with Crippen LogP contribution in [0.5, 0.6) is 0 Å². The van der Waals surface area contributed by atoms with Gasteiger partial charge in [-0.05, 0) is 66.4 Å². The molecule has 144 valence electrons. The van der Waals surface area contributed by atoms with Crippen LogP contribution in [0.2, 0.25) is 0 Å². The van der Waals surface area contributed by atoms with Crippen LogP contribution in [0.25, 0.3) is 16.7 Å². The second-order valence-corrected chi connectivity index (χ2v) is 8.51. The van der Waals surface area contributed by atoms with Crippen molar-refractivity contribution in [3.05, 3.63) is 89.3 Å². The Morgan fingerprint density at radius 2 is 1.57 bits per heavy atom. The van der Waals surface area contributed by atoms with E-state index < -0.39 is 0 Å². The first-order valence-corrected chi connectivity index (χ1v) is 10.5. The van der Waals surface area contributed by atoms with Gasteiger partial charge in [0.1, 0.15) is 5.82 Å². The van der Waals surface area contributed by atoms with Gasteiger partial charge in [0.15, 0.2) is 0 Å². The highest BCUT2D eigenvalue weighted by Gasteiger charge is 2.19. The maximum atomic E-state index is 14.9. The van der Waals surface area contributed by atoms with Gasteiger partial charge in [0.25, 0.3) is 0 Å². The Hall–Kier alpha value is -2.41. The third kappa shape index (κ3) is 4.19. The minimum absolute atomic E-state index is 0.160. The van der Waals surface area contributed by atoms with Crippen molar-refractivity contribution < 1.29 is 4.39 Å². The molecule has 2 aromatic carbocycles. The Morgan fingerprint density at radius 3 is 2.29 bits per heavy atom. The van der Waals surface area contributed by atoms with E-state index in [1.807, 2.05) is 24.3 Å². The van der Waals surface area contributed by atoms with Crippen LogP contribution in [-0.2, 0) is 0 Å². The van der Waals surface area contributed by atoms with Crippen LogP contribution in [0.4, 0.5) is 4.39 Å². The largest absolute Gasteiger partial charge is 0.206 e. The summed E-state index contributed by atoms with van der Waals surface area (Å²) in [5.41, 5.74) is 6.34. The molecular weight excluding hydrogens is 343 g/mol. The molecule has 0 spiro atoms. The molecule has 1 heteroatoms. The Balaban J connectivity index is 1.54. The average molecular weight is 373 g/mol. The number of benzene rings is 2. The number of halogens is 1. The minimum Gasteiger partial charge on any atom is -0.206 e. The summed E-state index contributed by atoms with van der Waals surface area (Å²) < 4.78 is 14.9. The molecule has 0 aliphatic heterocycles. The van der Waals surface area contributed by atoms with E-state index in [1.165, 1.54) is 36.8 Å². The Morgan fingerprint density at radius 1 is 0.857 bits per heavy atom. The molecule has 0 nitrogen and oxygen atoms in total. The number of rotatable bonds is 3. The van der Waals surface area contributed by atoms with Crippen molar-refractivity contribution >= 4 is 5.57 Å². The third-order valence-electron chi connectivity index (χ3n) is 6.30. The molecule has 0 bridgehead atoms. The molecule has 2 aliphatic carbocycles. The normalized spacial score (nSPS) is 22.4. The van der Waals surface area contributed by atoms with Gasteiger partial charge >= 0.3 is 0 Å². The van der Waals surface area contributed by atoms with E-state index >= 15 is 0 Å². The van der Waals surface area contributed by atoms with Gasteiger partial charge < -0.3 is 0 Å². The first-order valence-electron chi connectivity index (χ1n) is 10.5. The van der Waals surface area contributed by atoms with Crippen LogP contribution in [0.3, 0.4) is 0 Å². The Labute approximate surface area is 168 Å². The third-order valence-corrected chi connectivity index (χ3v) is 6.30. The van der Waals surface area contributed by atoms with E-state index in [1.54, 1.807) is 6.07 Å². The van der Waals surface area contributed by atoms with Crippen molar-refractivity contribution in [1.29, 1.82) is 0 Å². The molecular formula is C27H29F. The van der Waals surface area contributed by atoms with Crippen molar-refractivity contribution in [2.75, 3.05) is 0 Å². The number of hydrogen-bond donors (Lipinski definition) is 0. The predicted molar refractivity (Wildman–Crippen MR) is 118 cm³/mol. The van der Waals surface area contributed by atoms with Crippen LogP contribution < -0.4 is 0 Å². The number of hydrogen-bond acceptors (Lipinski definition) is 0. The summed E-state index contributed by atoms with van der Waals surface area (Å²) in [5, 5.41) is 0. The Bertz CT molecular complexity index is 919. The molecule has 0 N–H and O–H groups in total. The van der Waals surface area contributed by atoms with Crippen LogP contribution in [0.1, 0.15) is 63.0 Å². The molecule has 0 amide bonds. The number of allylic oxidation sites excluding steroid dienone is 6. The second-order valence-electron chi connectivity index (χ2n) is 8.51. The van der Waals surface area contributed by atoms with Crippen molar-refractivity contribution in [2.45, 2.75) is 51.9 Å². The first-order chi connectivity index (χ1) is 13.6. The van der Waals surface area contributed by atoms with Gasteiger partial charge in [-0.1, -0.05) is 86.0 Å². The zero-order valence-corrected chi connectivity index (χ0v) is 16.9. The topological polar surface area (TPSA) is 0 Å². The summed E-state index contributed by atoms with van der Waals surface area (Å²) in [5.74, 6) is 1.40. The van der Waals surface area contributed by atoms with Crippen LogP contribution in [0.15, 0.2) is 72.3 Å². The quantitative estimate of drug-likeness (QED) is 0.511. The fourth-order valence-corrected chi connectivity index (χ4v) is 4.38. The molecule has 2 aliphatic rings. The highest BCUT2D eigenvalue weighted by atomic mass is 19.1. The lowest BCUT2D eigenvalue weighted by Crippen LogP contribution is -2.10. The fourth-order valence-electron chi connectivity index (χ4n) is 4.38. The van der Waals surface area contributed by atoms with Gasteiger partial charge in [-0.3, -0.25) is 0 Å². The predicted octanol–water partition coefficient (Wildman–Crippen LogP) is 8.08. The van der Waals surface area contributed by atoms with Gasteiger partial charge in [0, 0.05) is 5.56 Å². The van der Waals surface area contributed by atoms with Crippen molar-refractivity contribution in [3.8, 4) is 11.1 Å². The summed E-state index contributed by atoms with van der Waals surface area (Å²) in [6.07, 6.45) is 14.4.